The Balaban J connectivity index is 1.97. The second-order valence-corrected chi connectivity index (χ2v) is 6.26. The molecular formula is C16H25N3O3. The summed E-state index contributed by atoms with van der Waals surface area (Å²) in [5, 5.41) is 9.10. The molecule has 122 valence electrons. The number of nitrogens with one attached hydrogen (secondary N) is 3. The van der Waals surface area contributed by atoms with Crippen LogP contribution in [0.15, 0.2) is 22.8 Å². The zero-order valence-corrected chi connectivity index (χ0v) is 13.4. The van der Waals surface area contributed by atoms with E-state index in [0.717, 1.165) is 19.5 Å². The highest BCUT2D eigenvalue weighted by Crippen LogP contribution is 2.12. The maximum Gasteiger partial charge on any atom is 0.287 e. The van der Waals surface area contributed by atoms with E-state index in [1.54, 1.807) is 12.1 Å². The van der Waals surface area contributed by atoms with Gasteiger partial charge in [0.05, 0.1) is 6.26 Å². The summed E-state index contributed by atoms with van der Waals surface area (Å²) < 4.78 is 5.07. The molecule has 0 bridgehead atoms. The molecule has 2 amide bonds. The smallest absolute Gasteiger partial charge is 0.287 e. The molecule has 6 heteroatoms. The average molecular weight is 307 g/mol. The fourth-order valence-corrected chi connectivity index (χ4v) is 2.61. The van der Waals surface area contributed by atoms with Crippen molar-refractivity contribution in [2.45, 2.75) is 39.3 Å². The Morgan fingerprint density at radius 1 is 1.41 bits per heavy atom. The quantitative estimate of drug-likeness (QED) is 0.762. The molecular weight excluding hydrogens is 282 g/mol. The van der Waals surface area contributed by atoms with E-state index in [2.05, 4.69) is 22.9 Å². The SMILES string of the molecule is CC(C)C(NC(=O)c1ccco1)C(=O)NC1CNCCC1C. The Morgan fingerprint density at radius 3 is 2.77 bits per heavy atom. The van der Waals surface area contributed by atoms with Gasteiger partial charge in [0.15, 0.2) is 5.76 Å². The Morgan fingerprint density at radius 2 is 2.18 bits per heavy atom. The summed E-state index contributed by atoms with van der Waals surface area (Å²) in [7, 11) is 0. The van der Waals surface area contributed by atoms with E-state index in [1.165, 1.54) is 6.26 Å². The van der Waals surface area contributed by atoms with Gasteiger partial charge in [-0.1, -0.05) is 20.8 Å². The Hall–Kier alpha value is -1.82. The van der Waals surface area contributed by atoms with E-state index in [-0.39, 0.29) is 29.5 Å². The summed E-state index contributed by atoms with van der Waals surface area (Å²) >= 11 is 0. The van der Waals surface area contributed by atoms with Crippen LogP contribution >= 0.6 is 0 Å². The van der Waals surface area contributed by atoms with Crippen molar-refractivity contribution in [3.63, 3.8) is 0 Å². The predicted octanol–water partition coefficient (Wildman–Crippen LogP) is 1.15. The Labute approximate surface area is 131 Å². The van der Waals surface area contributed by atoms with Crippen molar-refractivity contribution in [3.05, 3.63) is 24.2 Å². The third-order valence-corrected chi connectivity index (χ3v) is 4.14. The molecule has 3 atom stereocenters. The lowest BCUT2D eigenvalue weighted by molar-refractivity contribution is -0.125. The van der Waals surface area contributed by atoms with Crippen LogP contribution in [0.1, 0.15) is 37.7 Å². The van der Waals surface area contributed by atoms with Crippen LogP contribution in [-0.2, 0) is 4.79 Å². The Kier molecular flexibility index (Phi) is 5.60. The van der Waals surface area contributed by atoms with Crippen molar-refractivity contribution in [2.24, 2.45) is 11.8 Å². The number of carbonyl (C=O) groups is 2. The minimum atomic E-state index is -0.577. The van der Waals surface area contributed by atoms with Gasteiger partial charge in [0.1, 0.15) is 6.04 Å². The van der Waals surface area contributed by atoms with E-state index < -0.39 is 6.04 Å². The molecule has 2 heterocycles. The highest BCUT2D eigenvalue weighted by molar-refractivity contribution is 5.95. The minimum Gasteiger partial charge on any atom is -0.459 e. The van der Waals surface area contributed by atoms with Crippen LogP contribution in [0.4, 0.5) is 0 Å². The molecule has 1 aromatic rings. The van der Waals surface area contributed by atoms with E-state index in [1.807, 2.05) is 13.8 Å². The molecule has 0 saturated carbocycles. The van der Waals surface area contributed by atoms with Crippen LogP contribution < -0.4 is 16.0 Å². The topological polar surface area (TPSA) is 83.4 Å². The predicted molar refractivity (Wildman–Crippen MR) is 83.4 cm³/mol. The first-order chi connectivity index (χ1) is 10.5. The van der Waals surface area contributed by atoms with E-state index >= 15 is 0 Å². The fourth-order valence-electron chi connectivity index (χ4n) is 2.61. The second-order valence-electron chi connectivity index (χ2n) is 6.26. The third-order valence-electron chi connectivity index (χ3n) is 4.14. The molecule has 0 aliphatic carbocycles. The molecule has 0 aromatic carbocycles. The van der Waals surface area contributed by atoms with Gasteiger partial charge >= 0.3 is 0 Å². The molecule has 1 aliphatic heterocycles. The van der Waals surface area contributed by atoms with Crippen molar-refractivity contribution in [2.75, 3.05) is 13.1 Å². The van der Waals surface area contributed by atoms with Crippen molar-refractivity contribution < 1.29 is 14.0 Å². The fraction of sp³-hybridized carbons (Fsp3) is 0.625. The number of carbonyl (C=O) groups excluding carboxylic acids is 2. The number of piperidine rings is 1. The van der Waals surface area contributed by atoms with Gasteiger partial charge in [0, 0.05) is 12.6 Å². The summed E-state index contributed by atoms with van der Waals surface area (Å²) in [6.45, 7) is 7.71. The van der Waals surface area contributed by atoms with Crippen LogP contribution in [0.2, 0.25) is 0 Å². The van der Waals surface area contributed by atoms with Crippen molar-refractivity contribution in [1.82, 2.24) is 16.0 Å². The van der Waals surface area contributed by atoms with Crippen LogP contribution in [0.25, 0.3) is 0 Å². The van der Waals surface area contributed by atoms with Gasteiger partial charge in [0.2, 0.25) is 5.91 Å². The van der Waals surface area contributed by atoms with Gasteiger partial charge in [0.25, 0.3) is 5.91 Å². The summed E-state index contributed by atoms with van der Waals surface area (Å²) in [6, 6.07) is 2.75. The van der Waals surface area contributed by atoms with E-state index in [9.17, 15) is 9.59 Å². The molecule has 22 heavy (non-hydrogen) atoms. The first kappa shape index (κ1) is 16.5. The molecule has 2 rings (SSSR count). The zero-order chi connectivity index (χ0) is 16.1. The van der Waals surface area contributed by atoms with Crippen molar-refractivity contribution in [3.8, 4) is 0 Å². The molecule has 6 nitrogen and oxygen atoms in total. The standard InChI is InChI=1S/C16H25N3O3/c1-10(2)14(19-15(20)13-5-4-8-22-13)16(21)18-12-9-17-7-6-11(12)3/h4-5,8,10-12,14,17H,6-7,9H2,1-3H3,(H,18,21)(H,19,20). The molecule has 3 unspecified atom stereocenters. The van der Waals surface area contributed by atoms with Crippen molar-refractivity contribution >= 4 is 11.8 Å². The van der Waals surface area contributed by atoms with Gasteiger partial charge in [-0.15, -0.1) is 0 Å². The molecule has 1 aromatic heterocycles. The van der Waals surface area contributed by atoms with E-state index in [0.29, 0.717) is 5.92 Å². The first-order valence-corrected chi connectivity index (χ1v) is 7.84. The highest BCUT2D eigenvalue weighted by Gasteiger charge is 2.29. The molecule has 0 spiro atoms. The molecule has 0 radical (unpaired) electrons. The number of hydrogen-bond donors (Lipinski definition) is 3. The second kappa shape index (κ2) is 7.45. The summed E-state index contributed by atoms with van der Waals surface area (Å²) in [5.41, 5.74) is 0. The van der Waals surface area contributed by atoms with Gasteiger partial charge in [-0.25, -0.2) is 0 Å². The van der Waals surface area contributed by atoms with Gasteiger partial charge in [-0.3, -0.25) is 9.59 Å². The van der Waals surface area contributed by atoms with Gasteiger partial charge in [-0.05, 0) is 36.9 Å². The lowest BCUT2D eigenvalue weighted by Gasteiger charge is -2.32. The van der Waals surface area contributed by atoms with Crippen molar-refractivity contribution in [1.29, 1.82) is 0 Å². The lowest BCUT2D eigenvalue weighted by atomic mass is 9.94. The highest BCUT2D eigenvalue weighted by atomic mass is 16.3. The first-order valence-electron chi connectivity index (χ1n) is 7.84. The minimum absolute atomic E-state index is 0.00855. The number of rotatable bonds is 5. The number of amides is 2. The zero-order valence-electron chi connectivity index (χ0n) is 13.4. The van der Waals surface area contributed by atoms with Crippen LogP contribution in [0, 0.1) is 11.8 Å². The van der Waals surface area contributed by atoms with Gasteiger partial charge < -0.3 is 20.4 Å². The summed E-state index contributed by atoms with van der Waals surface area (Å²) in [4.78, 5) is 24.6. The number of furan rings is 1. The molecule has 3 N–H and O–H groups in total. The average Bonchev–Trinajstić information content (AvgIpc) is 3.00. The maximum absolute atomic E-state index is 12.5. The third kappa shape index (κ3) is 4.10. The molecule has 1 fully saturated rings. The van der Waals surface area contributed by atoms with E-state index in [4.69, 9.17) is 4.42 Å². The normalized spacial score (nSPS) is 23.1. The van der Waals surface area contributed by atoms with Gasteiger partial charge in [-0.2, -0.15) is 0 Å². The molecule has 1 aliphatic rings. The monoisotopic (exact) mass is 307 g/mol. The van der Waals surface area contributed by atoms with Crippen LogP contribution in [-0.4, -0.2) is 37.0 Å². The summed E-state index contributed by atoms with van der Waals surface area (Å²) in [5.74, 6) is 0.125. The van der Waals surface area contributed by atoms with Crippen LogP contribution in [0.5, 0.6) is 0 Å². The number of hydrogen-bond acceptors (Lipinski definition) is 4. The van der Waals surface area contributed by atoms with Crippen LogP contribution in [0.3, 0.4) is 0 Å². The maximum atomic E-state index is 12.5. The lowest BCUT2D eigenvalue weighted by Crippen LogP contribution is -2.56. The summed E-state index contributed by atoms with van der Waals surface area (Å²) in [6.07, 6.45) is 2.48. The Bertz CT molecular complexity index is 499. The largest absolute Gasteiger partial charge is 0.459 e. The molecule has 1 saturated heterocycles.